The van der Waals surface area contributed by atoms with E-state index in [0.29, 0.717) is 22.6 Å². The maximum Gasteiger partial charge on any atom is 0.339 e. The molecule has 0 amide bonds. The summed E-state index contributed by atoms with van der Waals surface area (Å²) >= 11 is 0. The van der Waals surface area contributed by atoms with Crippen molar-refractivity contribution in [3.63, 3.8) is 0 Å². The second-order valence-corrected chi connectivity index (χ2v) is 8.86. The van der Waals surface area contributed by atoms with E-state index in [0.717, 1.165) is 10.8 Å². The maximum atomic E-state index is 12.6. The highest BCUT2D eigenvalue weighted by Crippen LogP contribution is 2.60. The highest BCUT2D eigenvalue weighted by Gasteiger charge is 2.42. The zero-order valence-corrected chi connectivity index (χ0v) is 15.2. The van der Waals surface area contributed by atoms with Crippen LogP contribution in [0.5, 0.6) is 11.5 Å². The van der Waals surface area contributed by atoms with Gasteiger partial charge in [0, 0.05) is 19.3 Å². The lowest BCUT2D eigenvalue weighted by molar-refractivity contribution is 0.0489. The van der Waals surface area contributed by atoms with E-state index in [2.05, 4.69) is 0 Å². The summed E-state index contributed by atoms with van der Waals surface area (Å²) in [5, 5.41) is 2.19. The molecule has 2 atom stereocenters. The second-order valence-electron chi connectivity index (χ2n) is 6.21. The molecule has 3 aromatic carbocycles. The molecule has 0 aliphatic carbocycles. The Hall–Kier alpha value is -2.62. The third kappa shape index (κ3) is 2.90. The number of cyclic esters (lactones) is 1. The lowest BCUT2D eigenvalue weighted by Gasteiger charge is -2.18. The number of esters is 1. The van der Waals surface area contributed by atoms with Gasteiger partial charge in [-0.25, -0.2) is 4.79 Å². The number of fused-ring (bicyclic) bond motifs is 2. The first-order valence-electron chi connectivity index (χ1n) is 8.12. The van der Waals surface area contributed by atoms with E-state index in [1.807, 2.05) is 42.5 Å². The van der Waals surface area contributed by atoms with Crippen LogP contribution in [0.25, 0.3) is 10.8 Å². The molecule has 6 heteroatoms. The third-order valence-corrected chi connectivity index (χ3v) is 6.43. The van der Waals surface area contributed by atoms with Crippen molar-refractivity contribution in [2.45, 2.75) is 5.85 Å². The summed E-state index contributed by atoms with van der Waals surface area (Å²) in [4.78, 5) is 12.0. The minimum absolute atomic E-state index is 0.389. The average Bonchev–Trinajstić information content (AvgIpc) is 2.98. The van der Waals surface area contributed by atoms with Gasteiger partial charge in [-0.3, -0.25) is 4.57 Å². The van der Waals surface area contributed by atoms with Crippen LogP contribution in [0.2, 0.25) is 0 Å². The van der Waals surface area contributed by atoms with Crippen LogP contribution >= 0.6 is 7.37 Å². The smallest absolute Gasteiger partial charge is 0.339 e. The molecule has 0 spiro atoms. The van der Waals surface area contributed by atoms with E-state index in [4.69, 9.17) is 14.0 Å². The molecule has 3 aromatic rings. The fourth-order valence-electron chi connectivity index (χ4n) is 3.03. The molecule has 0 radical (unpaired) electrons. The van der Waals surface area contributed by atoms with Crippen LogP contribution in [0.3, 0.4) is 0 Å². The summed E-state index contributed by atoms with van der Waals surface area (Å²) in [7, 11) is -1.77. The Morgan fingerprint density at radius 1 is 0.962 bits per heavy atom. The minimum Gasteiger partial charge on any atom is -0.457 e. The van der Waals surface area contributed by atoms with Gasteiger partial charge in [0.2, 0.25) is 13.2 Å². The monoisotopic (exact) mass is 368 g/mol. The van der Waals surface area contributed by atoms with E-state index < -0.39 is 19.2 Å². The number of hydrogen-bond donors (Lipinski definition) is 0. The molecular weight excluding hydrogens is 351 g/mol. The molecule has 2 unspecified atom stereocenters. The van der Waals surface area contributed by atoms with Crippen LogP contribution in [0.15, 0.2) is 60.7 Å². The van der Waals surface area contributed by atoms with Crippen molar-refractivity contribution in [2.24, 2.45) is 0 Å². The Kier molecular flexibility index (Phi) is 4.06. The molecule has 0 fully saturated rings. The van der Waals surface area contributed by atoms with E-state index in [1.54, 1.807) is 18.2 Å². The number of carbonyl (C=O) groups excluding carboxylic acids is 1. The number of rotatable bonds is 4. The summed E-state index contributed by atoms with van der Waals surface area (Å²) < 4.78 is 28.9. The summed E-state index contributed by atoms with van der Waals surface area (Å²) in [5.41, 5.74) is 0.918. The van der Waals surface area contributed by atoms with Crippen molar-refractivity contribution in [3.05, 3.63) is 71.8 Å². The maximum absolute atomic E-state index is 12.6. The molecule has 1 heterocycles. The molecule has 26 heavy (non-hydrogen) atoms. The molecule has 0 aromatic heterocycles. The Bertz CT molecular complexity index is 1060. The van der Waals surface area contributed by atoms with Gasteiger partial charge < -0.3 is 14.0 Å². The quantitative estimate of drug-likeness (QED) is 0.458. The fraction of sp³-hybridized carbons (Fsp3) is 0.150. The van der Waals surface area contributed by atoms with Gasteiger partial charge in [0.25, 0.3) is 0 Å². The van der Waals surface area contributed by atoms with E-state index in [9.17, 15) is 9.36 Å². The van der Waals surface area contributed by atoms with E-state index in [1.165, 1.54) is 13.8 Å². The molecule has 4 rings (SSSR count). The molecule has 0 N–H and O–H groups in total. The van der Waals surface area contributed by atoms with Crippen molar-refractivity contribution < 1.29 is 23.4 Å². The van der Waals surface area contributed by atoms with Gasteiger partial charge in [0.05, 0.1) is 5.56 Å². The molecule has 5 nitrogen and oxygen atoms in total. The summed E-state index contributed by atoms with van der Waals surface area (Å²) in [6.45, 7) is 1.46. The van der Waals surface area contributed by atoms with Crippen molar-refractivity contribution in [3.8, 4) is 11.5 Å². The third-order valence-electron chi connectivity index (χ3n) is 4.47. The van der Waals surface area contributed by atoms with E-state index >= 15 is 0 Å². The first-order chi connectivity index (χ1) is 12.5. The van der Waals surface area contributed by atoms with E-state index in [-0.39, 0.29) is 0 Å². The molecule has 0 saturated heterocycles. The first kappa shape index (κ1) is 16.8. The van der Waals surface area contributed by atoms with Crippen LogP contribution in [0.4, 0.5) is 0 Å². The summed E-state index contributed by atoms with van der Waals surface area (Å²) in [6, 6.07) is 18.8. The van der Waals surface area contributed by atoms with Gasteiger partial charge in [0.15, 0.2) is 0 Å². The van der Waals surface area contributed by atoms with Gasteiger partial charge in [-0.05, 0) is 41.1 Å². The van der Waals surface area contributed by atoms with Crippen LogP contribution in [-0.2, 0) is 13.8 Å². The Morgan fingerprint density at radius 3 is 2.42 bits per heavy atom. The lowest BCUT2D eigenvalue weighted by Crippen LogP contribution is -2.00. The normalized spacial score (nSPS) is 18.2. The Labute approximate surface area is 151 Å². The topological polar surface area (TPSA) is 61.8 Å². The van der Waals surface area contributed by atoms with Crippen LogP contribution in [0.1, 0.15) is 21.8 Å². The zero-order chi connectivity index (χ0) is 18.3. The highest BCUT2D eigenvalue weighted by atomic mass is 31.2. The first-order valence-corrected chi connectivity index (χ1v) is 10.3. The highest BCUT2D eigenvalue weighted by molar-refractivity contribution is 7.58. The van der Waals surface area contributed by atoms with Crippen molar-refractivity contribution in [2.75, 3.05) is 13.8 Å². The standard InChI is InChI=1S/C20H17O5P/c1-23-26(2,22)20-18-12-16(9-10-17(18)19(21)25-20)24-15-8-7-13-5-3-4-6-14(13)11-15/h3-12,20H,1-2H3. The van der Waals surface area contributed by atoms with Gasteiger partial charge in [-0.1, -0.05) is 30.3 Å². The molecular formula is C20H17O5P. The number of carbonyl (C=O) groups is 1. The van der Waals surface area contributed by atoms with Crippen LogP contribution < -0.4 is 4.74 Å². The van der Waals surface area contributed by atoms with Crippen LogP contribution in [0, 0.1) is 0 Å². The molecule has 0 saturated carbocycles. The van der Waals surface area contributed by atoms with Gasteiger partial charge in [-0.15, -0.1) is 0 Å². The molecule has 132 valence electrons. The van der Waals surface area contributed by atoms with Crippen molar-refractivity contribution in [1.29, 1.82) is 0 Å². The Balaban J connectivity index is 1.69. The second kappa shape index (κ2) is 6.27. The summed E-state index contributed by atoms with van der Waals surface area (Å²) in [6.07, 6.45) is 0. The number of benzene rings is 3. The van der Waals surface area contributed by atoms with Gasteiger partial charge in [-0.2, -0.15) is 0 Å². The predicted octanol–water partition coefficient (Wildman–Crippen LogP) is 5.36. The molecule has 0 bridgehead atoms. The Morgan fingerprint density at radius 2 is 1.65 bits per heavy atom. The average molecular weight is 368 g/mol. The SMILES string of the molecule is COP(C)(=O)C1OC(=O)c2ccc(Oc3ccc4ccccc4c3)cc21. The zero-order valence-electron chi connectivity index (χ0n) is 14.3. The lowest BCUT2D eigenvalue weighted by atomic mass is 10.1. The van der Waals surface area contributed by atoms with Crippen molar-refractivity contribution in [1.82, 2.24) is 0 Å². The molecule has 1 aliphatic heterocycles. The predicted molar refractivity (Wildman–Crippen MR) is 99.2 cm³/mol. The largest absolute Gasteiger partial charge is 0.457 e. The summed E-state index contributed by atoms with van der Waals surface area (Å²) in [5.74, 6) is -0.188. The van der Waals surface area contributed by atoms with Crippen molar-refractivity contribution >= 4 is 24.1 Å². The number of hydrogen-bond acceptors (Lipinski definition) is 5. The van der Waals surface area contributed by atoms with Crippen LogP contribution in [-0.4, -0.2) is 19.7 Å². The van der Waals surface area contributed by atoms with Gasteiger partial charge in [0.1, 0.15) is 11.5 Å². The molecule has 1 aliphatic rings. The minimum atomic E-state index is -3.12. The fourth-order valence-corrected chi connectivity index (χ4v) is 4.23. The number of ether oxygens (including phenoxy) is 2. The van der Waals surface area contributed by atoms with Gasteiger partial charge >= 0.3 is 5.97 Å².